The van der Waals surface area contributed by atoms with Gasteiger partial charge in [0, 0.05) is 6.08 Å². The third kappa shape index (κ3) is 19.2. The Labute approximate surface area is 172 Å². The first-order valence-corrected chi connectivity index (χ1v) is 11.4. The summed E-state index contributed by atoms with van der Waals surface area (Å²) in [6.07, 6.45) is 26.0. The van der Waals surface area contributed by atoms with E-state index in [1.807, 2.05) is 0 Å². The van der Waals surface area contributed by atoms with Gasteiger partial charge in [-0.15, -0.1) is 0 Å². The zero-order chi connectivity index (χ0) is 20.9. The Morgan fingerprint density at radius 1 is 0.643 bits per heavy atom. The van der Waals surface area contributed by atoms with Gasteiger partial charge >= 0.3 is 11.9 Å². The van der Waals surface area contributed by atoms with Gasteiger partial charge in [-0.05, 0) is 12.8 Å². The fourth-order valence-corrected chi connectivity index (χ4v) is 3.33. The molecule has 0 bridgehead atoms. The summed E-state index contributed by atoms with van der Waals surface area (Å²) in [7, 11) is 0. The number of carbonyl (C=O) groups is 2. The molecule has 28 heavy (non-hydrogen) atoms. The van der Waals surface area contributed by atoms with Crippen LogP contribution in [0.3, 0.4) is 0 Å². The second-order valence-corrected chi connectivity index (χ2v) is 7.74. The summed E-state index contributed by atoms with van der Waals surface area (Å²) in [5.74, 6) is -2.44. The van der Waals surface area contributed by atoms with Gasteiger partial charge in [-0.3, -0.25) is 0 Å². The van der Waals surface area contributed by atoms with Crippen LogP contribution in [0, 0.1) is 0 Å². The Kier molecular flexibility index (Phi) is 19.0. The highest BCUT2D eigenvalue weighted by molar-refractivity contribution is 5.96. The van der Waals surface area contributed by atoms with Crippen LogP contribution >= 0.6 is 0 Å². The molecule has 0 aliphatic rings. The largest absolute Gasteiger partial charge is 0.478 e. The van der Waals surface area contributed by atoms with Gasteiger partial charge in [0.2, 0.25) is 0 Å². The first kappa shape index (κ1) is 26.4. The van der Waals surface area contributed by atoms with Crippen LogP contribution in [0.25, 0.3) is 0 Å². The summed E-state index contributed by atoms with van der Waals surface area (Å²) in [5, 5.41) is 17.5. The van der Waals surface area contributed by atoms with E-state index in [0.29, 0.717) is 0 Å². The highest BCUT2D eigenvalue weighted by atomic mass is 16.4. The molecule has 162 valence electrons. The fourth-order valence-electron chi connectivity index (χ4n) is 3.33. The van der Waals surface area contributed by atoms with Gasteiger partial charge in [0.15, 0.2) is 0 Å². The van der Waals surface area contributed by atoms with Gasteiger partial charge in [-0.1, -0.05) is 115 Å². The number of unbranched alkanes of at least 4 members (excludes halogenated alkanes) is 16. The molecule has 4 nitrogen and oxygen atoms in total. The molecule has 0 aliphatic heterocycles. The van der Waals surface area contributed by atoms with Gasteiger partial charge in [-0.25, -0.2) is 9.59 Å². The molecule has 2 N–H and O–H groups in total. The average molecular weight is 395 g/mol. The molecule has 0 aliphatic carbocycles. The lowest BCUT2D eigenvalue weighted by molar-refractivity contribution is -0.134. The van der Waals surface area contributed by atoms with Crippen LogP contribution in [-0.2, 0) is 9.59 Å². The Morgan fingerprint density at radius 2 is 1.04 bits per heavy atom. The van der Waals surface area contributed by atoms with Crippen molar-refractivity contribution in [3.63, 3.8) is 0 Å². The van der Waals surface area contributed by atoms with E-state index in [9.17, 15) is 9.59 Å². The van der Waals surface area contributed by atoms with E-state index in [4.69, 9.17) is 10.2 Å². The lowest BCUT2D eigenvalue weighted by Gasteiger charge is -2.03. The van der Waals surface area contributed by atoms with Gasteiger partial charge in [0.1, 0.15) is 0 Å². The third-order valence-corrected chi connectivity index (χ3v) is 5.05. The molecule has 4 heteroatoms. The molecule has 0 amide bonds. The molecule has 0 atom stereocenters. The molecular formula is C24H42O4. The van der Waals surface area contributed by atoms with Gasteiger partial charge in [0.25, 0.3) is 0 Å². The average Bonchev–Trinajstić information content (AvgIpc) is 2.65. The standard InChI is InChI=1S/C24H42O4/c1-2-3-4-5-6-7-8-9-10-11-12-13-14-15-16-17-18-19-20-22(24(27)28)21-23(25)26/h19-21H,2-18H2,1H3,(H,25,26)(H,27,28)/b20-19+,22-21-. The number of rotatable bonds is 20. The van der Waals surface area contributed by atoms with Crippen molar-refractivity contribution in [3.05, 3.63) is 23.8 Å². The number of allylic oxidation sites excluding steroid dienone is 1. The van der Waals surface area contributed by atoms with Crippen LogP contribution in [0.4, 0.5) is 0 Å². The first-order valence-electron chi connectivity index (χ1n) is 11.4. The molecule has 0 saturated heterocycles. The molecule has 0 saturated carbocycles. The number of aliphatic carboxylic acids is 2. The van der Waals surface area contributed by atoms with Gasteiger partial charge in [0.05, 0.1) is 5.57 Å². The van der Waals surface area contributed by atoms with E-state index in [-0.39, 0.29) is 5.57 Å². The second kappa shape index (κ2) is 20.2. The molecule has 0 aromatic heterocycles. The van der Waals surface area contributed by atoms with Crippen molar-refractivity contribution in [3.8, 4) is 0 Å². The summed E-state index contributed by atoms with van der Waals surface area (Å²) >= 11 is 0. The summed E-state index contributed by atoms with van der Waals surface area (Å²) in [6, 6.07) is 0. The van der Waals surface area contributed by atoms with Crippen molar-refractivity contribution in [1.82, 2.24) is 0 Å². The van der Waals surface area contributed by atoms with Gasteiger partial charge in [-0.2, -0.15) is 0 Å². The Bertz CT molecular complexity index is 452. The van der Waals surface area contributed by atoms with Crippen LogP contribution in [-0.4, -0.2) is 22.2 Å². The number of carboxylic acid groups (broad SMARTS) is 2. The molecule has 0 radical (unpaired) electrons. The number of hydrogen-bond acceptors (Lipinski definition) is 2. The van der Waals surface area contributed by atoms with Crippen molar-refractivity contribution in [2.45, 2.75) is 116 Å². The topological polar surface area (TPSA) is 74.6 Å². The highest BCUT2D eigenvalue weighted by Crippen LogP contribution is 2.14. The van der Waals surface area contributed by atoms with Crippen LogP contribution in [0.15, 0.2) is 23.8 Å². The van der Waals surface area contributed by atoms with Crippen molar-refractivity contribution in [2.24, 2.45) is 0 Å². The van der Waals surface area contributed by atoms with Crippen LogP contribution < -0.4 is 0 Å². The van der Waals surface area contributed by atoms with E-state index >= 15 is 0 Å². The Morgan fingerprint density at radius 3 is 1.39 bits per heavy atom. The minimum Gasteiger partial charge on any atom is -0.478 e. The molecule has 0 rings (SSSR count). The minimum absolute atomic E-state index is 0.177. The minimum atomic E-state index is -1.23. The van der Waals surface area contributed by atoms with Crippen molar-refractivity contribution < 1.29 is 19.8 Å². The quantitative estimate of drug-likeness (QED) is 0.129. The van der Waals surface area contributed by atoms with Crippen LogP contribution in [0.1, 0.15) is 116 Å². The fraction of sp³-hybridized carbons (Fsp3) is 0.750. The van der Waals surface area contributed by atoms with Crippen LogP contribution in [0.2, 0.25) is 0 Å². The zero-order valence-electron chi connectivity index (χ0n) is 18.0. The first-order chi connectivity index (χ1) is 13.6. The highest BCUT2D eigenvalue weighted by Gasteiger charge is 2.04. The zero-order valence-corrected chi connectivity index (χ0v) is 18.0. The summed E-state index contributed by atoms with van der Waals surface area (Å²) in [4.78, 5) is 21.4. The Hall–Kier alpha value is -1.58. The number of hydrogen-bond donors (Lipinski definition) is 2. The van der Waals surface area contributed by atoms with Gasteiger partial charge < -0.3 is 10.2 Å². The maximum Gasteiger partial charge on any atom is 0.335 e. The lowest BCUT2D eigenvalue weighted by atomic mass is 10.0. The maximum atomic E-state index is 10.9. The van der Waals surface area contributed by atoms with Crippen molar-refractivity contribution in [2.75, 3.05) is 0 Å². The van der Waals surface area contributed by atoms with E-state index < -0.39 is 11.9 Å². The van der Waals surface area contributed by atoms with Crippen molar-refractivity contribution in [1.29, 1.82) is 0 Å². The smallest absolute Gasteiger partial charge is 0.335 e. The SMILES string of the molecule is CCCCCCCCCCCCCCCCCC/C=C/C(=C/C(=O)O)C(=O)O. The second-order valence-electron chi connectivity index (χ2n) is 7.74. The predicted octanol–water partition coefficient (Wildman–Crippen LogP) is 7.29. The number of carboxylic acids is 2. The van der Waals surface area contributed by atoms with Crippen molar-refractivity contribution >= 4 is 11.9 Å². The summed E-state index contributed by atoms with van der Waals surface area (Å²) in [6.45, 7) is 2.26. The lowest BCUT2D eigenvalue weighted by Crippen LogP contribution is -2.01. The van der Waals surface area contributed by atoms with Crippen LogP contribution in [0.5, 0.6) is 0 Å². The van der Waals surface area contributed by atoms with E-state index in [2.05, 4.69) is 6.92 Å². The molecular weight excluding hydrogens is 352 g/mol. The third-order valence-electron chi connectivity index (χ3n) is 5.05. The molecule has 0 unspecified atom stereocenters. The molecule has 0 heterocycles. The van der Waals surface area contributed by atoms with E-state index in [0.717, 1.165) is 25.3 Å². The monoisotopic (exact) mass is 394 g/mol. The molecule has 0 aromatic carbocycles. The summed E-state index contributed by atoms with van der Waals surface area (Å²) in [5.41, 5.74) is -0.177. The maximum absolute atomic E-state index is 10.9. The normalized spacial score (nSPS) is 12.0. The van der Waals surface area contributed by atoms with E-state index in [1.165, 1.54) is 96.0 Å². The molecule has 0 spiro atoms. The molecule has 0 aromatic rings. The Balaban J connectivity index is 3.37. The predicted molar refractivity (Wildman–Crippen MR) is 117 cm³/mol. The summed E-state index contributed by atoms with van der Waals surface area (Å²) < 4.78 is 0. The molecule has 0 fully saturated rings. The van der Waals surface area contributed by atoms with E-state index in [1.54, 1.807) is 6.08 Å².